The van der Waals surface area contributed by atoms with Crippen LogP contribution in [0.4, 0.5) is 0 Å². The van der Waals surface area contributed by atoms with E-state index in [1.807, 2.05) is 0 Å². The fourth-order valence-electron chi connectivity index (χ4n) is 3.84. The first-order valence-electron chi connectivity index (χ1n) is 7.17. The van der Waals surface area contributed by atoms with Gasteiger partial charge in [0.25, 0.3) is 0 Å². The fourth-order valence-corrected chi connectivity index (χ4v) is 3.84. The summed E-state index contributed by atoms with van der Waals surface area (Å²) in [4.78, 5) is 2.32. The highest BCUT2D eigenvalue weighted by Gasteiger charge is 2.46. The Morgan fingerprint density at radius 2 is 2.17 bits per heavy atom. The minimum atomic E-state index is 0.478. The van der Waals surface area contributed by atoms with Gasteiger partial charge in [0.2, 0.25) is 0 Å². The Morgan fingerprint density at radius 3 is 3.00 bits per heavy atom. The zero-order valence-corrected chi connectivity index (χ0v) is 11.6. The van der Waals surface area contributed by atoms with Crippen LogP contribution in [0.5, 0.6) is 0 Å². The van der Waals surface area contributed by atoms with Gasteiger partial charge in [0.15, 0.2) is 0 Å². The van der Waals surface area contributed by atoms with Crippen molar-refractivity contribution in [1.29, 1.82) is 0 Å². The van der Waals surface area contributed by atoms with Crippen LogP contribution in [0.2, 0.25) is 0 Å². The zero-order chi connectivity index (χ0) is 12.6. The molecular formula is C16H24N2. The van der Waals surface area contributed by atoms with Crippen LogP contribution in [0.25, 0.3) is 0 Å². The maximum atomic E-state index is 3.78. The molecule has 1 saturated heterocycles. The number of hydrogen-bond acceptors (Lipinski definition) is 2. The van der Waals surface area contributed by atoms with Gasteiger partial charge in [-0.25, -0.2) is 0 Å². The molecule has 0 spiro atoms. The van der Waals surface area contributed by atoms with Gasteiger partial charge in [-0.15, -0.1) is 0 Å². The second kappa shape index (κ2) is 4.67. The van der Waals surface area contributed by atoms with Crippen molar-refractivity contribution in [2.24, 2.45) is 5.41 Å². The second-order valence-corrected chi connectivity index (χ2v) is 6.28. The van der Waals surface area contributed by atoms with Crippen molar-refractivity contribution in [3.8, 4) is 0 Å². The third kappa shape index (κ3) is 1.98. The van der Waals surface area contributed by atoms with E-state index in [-0.39, 0.29) is 0 Å². The highest BCUT2D eigenvalue weighted by Crippen LogP contribution is 2.52. The van der Waals surface area contributed by atoms with Crippen molar-refractivity contribution in [3.63, 3.8) is 0 Å². The average Bonchev–Trinajstić information content (AvgIpc) is 2.71. The van der Waals surface area contributed by atoms with Crippen LogP contribution in [0.3, 0.4) is 0 Å². The lowest BCUT2D eigenvalue weighted by Crippen LogP contribution is -2.42. The molecule has 0 saturated carbocycles. The van der Waals surface area contributed by atoms with E-state index in [0.29, 0.717) is 11.5 Å². The van der Waals surface area contributed by atoms with Gasteiger partial charge < -0.3 is 10.2 Å². The molecule has 1 aromatic rings. The molecule has 3 rings (SSSR count). The third-order valence-electron chi connectivity index (χ3n) is 4.78. The average molecular weight is 244 g/mol. The van der Waals surface area contributed by atoms with Gasteiger partial charge >= 0.3 is 0 Å². The first-order chi connectivity index (χ1) is 8.71. The molecule has 2 aliphatic rings. The highest BCUT2D eigenvalue weighted by atomic mass is 15.1. The maximum absolute atomic E-state index is 3.78. The van der Waals surface area contributed by atoms with E-state index in [2.05, 4.69) is 48.6 Å². The molecule has 2 atom stereocenters. The first-order valence-corrected chi connectivity index (χ1v) is 7.17. The van der Waals surface area contributed by atoms with Crippen LogP contribution in [-0.4, -0.2) is 32.1 Å². The summed E-state index contributed by atoms with van der Waals surface area (Å²) in [5, 5.41) is 3.78. The van der Waals surface area contributed by atoms with E-state index in [1.165, 1.54) is 38.8 Å². The van der Waals surface area contributed by atoms with Crippen molar-refractivity contribution in [2.45, 2.75) is 31.7 Å². The molecule has 1 fully saturated rings. The minimum Gasteiger partial charge on any atom is -0.309 e. The number of piperidine rings is 1. The summed E-state index contributed by atoms with van der Waals surface area (Å²) in [6.07, 6.45) is 5.30. The molecule has 1 aliphatic carbocycles. The molecule has 0 bridgehead atoms. The molecular weight excluding hydrogens is 220 g/mol. The molecule has 2 unspecified atom stereocenters. The number of nitrogens with zero attached hydrogens (tertiary/aromatic N) is 1. The third-order valence-corrected chi connectivity index (χ3v) is 4.78. The van der Waals surface area contributed by atoms with Crippen molar-refractivity contribution >= 4 is 0 Å². The Bertz CT molecular complexity index is 427. The molecule has 0 radical (unpaired) electrons. The number of nitrogens with one attached hydrogen (secondary N) is 1. The lowest BCUT2D eigenvalue weighted by molar-refractivity contribution is 0.125. The zero-order valence-electron chi connectivity index (χ0n) is 11.6. The Labute approximate surface area is 110 Å². The van der Waals surface area contributed by atoms with Crippen molar-refractivity contribution in [2.75, 3.05) is 27.2 Å². The summed E-state index contributed by atoms with van der Waals surface area (Å²) in [6, 6.07) is 9.64. The van der Waals surface area contributed by atoms with E-state index in [0.717, 1.165) is 0 Å². The molecule has 1 heterocycles. The monoisotopic (exact) mass is 244 g/mol. The maximum Gasteiger partial charge on any atom is 0.0383 e. The predicted molar refractivity (Wildman–Crippen MR) is 75.7 cm³/mol. The van der Waals surface area contributed by atoms with Crippen molar-refractivity contribution < 1.29 is 0 Å². The molecule has 1 aromatic carbocycles. The summed E-state index contributed by atoms with van der Waals surface area (Å²) in [5.74, 6) is 0. The second-order valence-electron chi connectivity index (χ2n) is 6.28. The molecule has 1 N–H and O–H groups in total. The Morgan fingerprint density at radius 1 is 1.33 bits per heavy atom. The predicted octanol–water partition coefficient (Wildman–Crippen LogP) is 2.61. The first kappa shape index (κ1) is 12.2. The molecule has 0 aromatic heterocycles. The quantitative estimate of drug-likeness (QED) is 0.879. The molecule has 18 heavy (non-hydrogen) atoms. The van der Waals surface area contributed by atoms with Crippen molar-refractivity contribution in [1.82, 2.24) is 10.2 Å². The van der Waals surface area contributed by atoms with Gasteiger partial charge in [-0.1, -0.05) is 24.3 Å². The minimum absolute atomic E-state index is 0.478. The summed E-state index contributed by atoms with van der Waals surface area (Å²) < 4.78 is 0. The smallest absolute Gasteiger partial charge is 0.0383 e. The number of hydrogen-bond donors (Lipinski definition) is 1. The van der Waals surface area contributed by atoms with Crippen LogP contribution in [0.15, 0.2) is 24.3 Å². The summed E-state index contributed by atoms with van der Waals surface area (Å²) in [7, 11) is 4.37. The SMILES string of the molecule is CN(C)CCC12CCCNC1c1ccccc1C2. The van der Waals surface area contributed by atoms with Gasteiger partial charge in [0.1, 0.15) is 0 Å². The number of fused-ring (bicyclic) bond motifs is 3. The Hall–Kier alpha value is -0.860. The standard InChI is InChI=1S/C16H24N2/c1-18(2)11-9-16-8-5-10-17-15(16)14-7-4-3-6-13(14)12-16/h3-4,6-7,15,17H,5,8-12H2,1-2H3. The molecule has 1 aliphatic heterocycles. The molecule has 2 nitrogen and oxygen atoms in total. The topological polar surface area (TPSA) is 15.3 Å². The summed E-state index contributed by atoms with van der Waals surface area (Å²) >= 11 is 0. The van der Waals surface area contributed by atoms with Crippen LogP contribution in [0.1, 0.15) is 36.4 Å². The van der Waals surface area contributed by atoms with Crippen LogP contribution in [0, 0.1) is 5.41 Å². The van der Waals surface area contributed by atoms with Crippen LogP contribution >= 0.6 is 0 Å². The van der Waals surface area contributed by atoms with Crippen LogP contribution < -0.4 is 5.32 Å². The number of benzene rings is 1. The largest absolute Gasteiger partial charge is 0.309 e. The molecule has 2 heteroatoms. The van der Waals surface area contributed by atoms with E-state index in [4.69, 9.17) is 0 Å². The van der Waals surface area contributed by atoms with E-state index >= 15 is 0 Å². The lowest BCUT2D eigenvalue weighted by Gasteiger charge is -2.41. The Balaban J connectivity index is 1.89. The normalized spacial score (nSPS) is 30.3. The number of rotatable bonds is 3. The van der Waals surface area contributed by atoms with E-state index < -0.39 is 0 Å². The van der Waals surface area contributed by atoms with Gasteiger partial charge in [0, 0.05) is 6.04 Å². The molecule has 98 valence electrons. The fraction of sp³-hybridized carbons (Fsp3) is 0.625. The van der Waals surface area contributed by atoms with Crippen molar-refractivity contribution in [3.05, 3.63) is 35.4 Å². The lowest BCUT2D eigenvalue weighted by atomic mass is 9.72. The highest BCUT2D eigenvalue weighted by molar-refractivity contribution is 5.38. The van der Waals surface area contributed by atoms with Gasteiger partial charge in [0.05, 0.1) is 0 Å². The van der Waals surface area contributed by atoms with E-state index in [1.54, 1.807) is 11.1 Å². The van der Waals surface area contributed by atoms with Crippen LogP contribution in [-0.2, 0) is 6.42 Å². The molecule has 0 amide bonds. The Kier molecular flexibility index (Phi) is 3.16. The van der Waals surface area contributed by atoms with Gasteiger partial charge in [-0.3, -0.25) is 0 Å². The summed E-state index contributed by atoms with van der Waals surface area (Å²) in [5.41, 5.74) is 3.62. The van der Waals surface area contributed by atoms with E-state index in [9.17, 15) is 0 Å². The summed E-state index contributed by atoms with van der Waals surface area (Å²) in [6.45, 7) is 2.38. The van der Waals surface area contributed by atoms with Gasteiger partial charge in [-0.2, -0.15) is 0 Å². The van der Waals surface area contributed by atoms with Gasteiger partial charge in [-0.05, 0) is 69.4 Å².